The third kappa shape index (κ3) is 3.55. The molecule has 6 nitrogen and oxygen atoms in total. The van der Waals surface area contributed by atoms with Crippen LogP contribution in [0.1, 0.15) is 40.4 Å². The van der Waals surface area contributed by atoms with E-state index in [-0.39, 0.29) is 0 Å². The number of hydrogen-bond acceptors (Lipinski definition) is 4. The Morgan fingerprint density at radius 1 is 1.23 bits per heavy atom. The fraction of sp³-hybridized carbons (Fsp3) is 0.300. The number of nitrogens with one attached hydrogen (secondary N) is 1. The normalized spacial score (nSPS) is 18.1. The Kier molecular flexibility index (Phi) is 4.58. The number of carboxylic acid groups (broad SMARTS) is 1. The Hall–Kier alpha value is -2.86. The van der Waals surface area contributed by atoms with Crippen molar-refractivity contribution in [2.75, 3.05) is 13.1 Å². The second kappa shape index (κ2) is 7.17. The lowest BCUT2D eigenvalue weighted by atomic mass is 9.90. The molecule has 0 spiro atoms. The van der Waals surface area contributed by atoms with Gasteiger partial charge in [-0.25, -0.2) is 4.79 Å². The average molecular weight is 351 g/mol. The second-order valence-corrected chi connectivity index (χ2v) is 6.74. The summed E-state index contributed by atoms with van der Waals surface area (Å²) in [6.07, 6.45) is 3.96. The fourth-order valence-electron chi connectivity index (χ4n) is 3.59. The summed E-state index contributed by atoms with van der Waals surface area (Å²) in [6.45, 7) is 2.77. The van der Waals surface area contributed by atoms with Crippen LogP contribution in [-0.4, -0.2) is 39.3 Å². The van der Waals surface area contributed by atoms with Crippen LogP contribution in [0.4, 0.5) is 0 Å². The molecule has 1 atom stereocenters. The van der Waals surface area contributed by atoms with E-state index in [1.807, 2.05) is 30.3 Å². The highest BCUT2D eigenvalue weighted by molar-refractivity contribution is 5.87. The third-order valence-corrected chi connectivity index (χ3v) is 4.94. The zero-order valence-electron chi connectivity index (χ0n) is 14.4. The first-order chi connectivity index (χ1) is 12.7. The SMILES string of the molecule is O=C(O)c1ccc(C2CCCN(Cc3ccc(-c4ccn[nH]4)o3)C2)cc1. The van der Waals surface area contributed by atoms with E-state index < -0.39 is 5.97 Å². The van der Waals surface area contributed by atoms with Crippen molar-refractivity contribution in [1.82, 2.24) is 15.1 Å². The molecule has 2 aromatic heterocycles. The van der Waals surface area contributed by atoms with E-state index in [0.717, 1.165) is 49.7 Å². The molecule has 1 fully saturated rings. The standard InChI is InChI=1S/C20H21N3O3/c24-20(25)15-5-3-14(4-6-15)16-2-1-11-23(12-16)13-17-7-8-19(26-17)18-9-10-21-22-18/h3-10,16H,1-2,11-13H2,(H,21,22)(H,24,25). The quantitative estimate of drug-likeness (QED) is 0.731. The van der Waals surface area contributed by atoms with Gasteiger partial charge in [0.25, 0.3) is 0 Å². The number of furan rings is 1. The number of H-pyrrole nitrogens is 1. The maximum Gasteiger partial charge on any atom is 0.335 e. The van der Waals surface area contributed by atoms with Gasteiger partial charge in [-0.2, -0.15) is 5.10 Å². The highest BCUT2D eigenvalue weighted by Crippen LogP contribution is 2.29. The van der Waals surface area contributed by atoms with Crippen LogP contribution < -0.4 is 0 Å². The Morgan fingerprint density at radius 3 is 2.81 bits per heavy atom. The van der Waals surface area contributed by atoms with Gasteiger partial charge >= 0.3 is 5.97 Å². The van der Waals surface area contributed by atoms with Gasteiger partial charge in [0.05, 0.1) is 12.1 Å². The topological polar surface area (TPSA) is 82.4 Å². The molecule has 26 heavy (non-hydrogen) atoms. The lowest BCUT2D eigenvalue weighted by molar-refractivity contribution is 0.0697. The summed E-state index contributed by atoms with van der Waals surface area (Å²) in [5.41, 5.74) is 2.42. The largest absolute Gasteiger partial charge is 0.478 e. The number of likely N-dealkylation sites (tertiary alicyclic amines) is 1. The molecule has 1 aromatic carbocycles. The minimum atomic E-state index is -0.882. The van der Waals surface area contributed by atoms with Gasteiger partial charge in [0, 0.05) is 12.7 Å². The van der Waals surface area contributed by atoms with Crippen LogP contribution in [-0.2, 0) is 6.54 Å². The summed E-state index contributed by atoms with van der Waals surface area (Å²) < 4.78 is 5.94. The first-order valence-electron chi connectivity index (χ1n) is 8.83. The Balaban J connectivity index is 1.41. The molecule has 4 rings (SSSR count). The van der Waals surface area contributed by atoms with Gasteiger partial charge in [-0.05, 0) is 61.2 Å². The lowest BCUT2D eigenvalue weighted by Gasteiger charge is -2.32. The molecule has 0 aliphatic carbocycles. The molecule has 3 heterocycles. The third-order valence-electron chi connectivity index (χ3n) is 4.94. The van der Waals surface area contributed by atoms with Crippen molar-refractivity contribution in [3.8, 4) is 11.5 Å². The van der Waals surface area contributed by atoms with Crippen LogP contribution in [0.15, 0.2) is 53.1 Å². The molecular formula is C20H21N3O3. The zero-order chi connectivity index (χ0) is 17.9. The van der Waals surface area contributed by atoms with Gasteiger partial charge in [-0.15, -0.1) is 0 Å². The first kappa shape index (κ1) is 16.6. The van der Waals surface area contributed by atoms with E-state index in [1.54, 1.807) is 18.3 Å². The Bertz CT molecular complexity index is 868. The number of rotatable bonds is 5. The van der Waals surface area contributed by atoms with Crippen LogP contribution >= 0.6 is 0 Å². The number of carboxylic acids is 1. The van der Waals surface area contributed by atoms with Crippen molar-refractivity contribution in [3.05, 3.63) is 65.5 Å². The number of piperidine rings is 1. The summed E-state index contributed by atoms with van der Waals surface area (Å²) in [7, 11) is 0. The maximum atomic E-state index is 11.0. The minimum Gasteiger partial charge on any atom is -0.478 e. The molecule has 1 saturated heterocycles. The average Bonchev–Trinajstić information content (AvgIpc) is 3.34. The number of aromatic nitrogens is 2. The summed E-state index contributed by atoms with van der Waals surface area (Å²) in [4.78, 5) is 13.4. The van der Waals surface area contributed by atoms with Gasteiger partial charge in [0.15, 0.2) is 5.76 Å². The molecule has 1 aliphatic heterocycles. The van der Waals surface area contributed by atoms with Crippen molar-refractivity contribution >= 4 is 5.97 Å². The monoisotopic (exact) mass is 351 g/mol. The number of aromatic amines is 1. The van der Waals surface area contributed by atoms with Crippen molar-refractivity contribution < 1.29 is 14.3 Å². The Morgan fingerprint density at radius 2 is 2.08 bits per heavy atom. The van der Waals surface area contributed by atoms with Gasteiger partial charge in [-0.3, -0.25) is 10.00 Å². The van der Waals surface area contributed by atoms with E-state index >= 15 is 0 Å². The number of nitrogens with zero attached hydrogens (tertiary/aromatic N) is 2. The van der Waals surface area contributed by atoms with Crippen molar-refractivity contribution in [1.29, 1.82) is 0 Å². The molecule has 134 valence electrons. The molecule has 6 heteroatoms. The molecular weight excluding hydrogens is 330 g/mol. The minimum absolute atomic E-state index is 0.336. The Labute approximate surface area is 151 Å². The zero-order valence-corrected chi connectivity index (χ0v) is 14.4. The van der Waals surface area contributed by atoms with Crippen LogP contribution in [0.2, 0.25) is 0 Å². The molecule has 2 N–H and O–H groups in total. The van der Waals surface area contributed by atoms with Crippen molar-refractivity contribution in [2.24, 2.45) is 0 Å². The molecule has 1 aliphatic rings. The van der Waals surface area contributed by atoms with Gasteiger partial charge in [-0.1, -0.05) is 12.1 Å². The fourth-order valence-corrected chi connectivity index (χ4v) is 3.59. The number of aromatic carboxylic acids is 1. The smallest absolute Gasteiger partial charge is 0.335 e. The van der Waals surface area contributed by atoms with Gasteiger partial charge in [0.2, 0.25) is 0 Å². The van der Waals surface area contributed by atoms with Crippen LogP contribution in [0.3, 0.4) is 0 Å². The predicted octanol–water partition coefficient (Wildman–Crippen LogP) is 3.75. The van der Waals surface area contributed by atoms with Crippen molar-refractivity contribution in [2.45, 2.75) is 25.3 Å². The second-order valence-electron chi connectivity index (χ2n) is 6.74. The van der Waals surface area contributed by atoms with Crippen molar-refractivity contribution in [3.63, 3.8) is 0 Å². The van der Waals surface area contributed by atoms with E-state index in [1.165, 1.54) is 5.56 Å². The summed E-state index contributed by atoms with van der Waals surface area (Å²) in [6, 6.07) is 13.2. The molecule has 0 radical (unpaired) electrons. The molecule has 3 aromatic rings. The van der Waals surface area contributed by atoms with E-state index in [9.17, 15) is 4.79 Å². The number of hydrogen-bond donors (Lipinski definition) is 2. The van der Waals surface area contributed by atoms with E-state index in [2.05, 4.69) is 15.1 Å². The molecule has 0 bridgehead atoms. The van der Waals surface area contributed by atoms with E-state index in [4.69, 9.17) is 9.52 Å². The summed E-state index contributed by atoms with van der Waals surface area (Å²) in [5, 5.41) is 15.9. The number of benzene rings is 1. The highest BCUT2D eigenvalue weighted by atomic mass is 16.4. The maximum absolute atomic E-state index is 11.0. The molecule has 0 saturated carbocycles. The van der Waals surface area contributed by atoms with Crippen LogP contribution in [0.5, 0.6) is 0 Å². The summed E-state index contributed by atoms with van der Waals surface area (Å²) in [5.74, 6) is 1.29. The molecule has 1 unspecified atom stereocenters. The number of carbonyl (C=O) groups is 1. The lowest BCUT2D eigenvalue weighted by Crippen LogP contribution is -2.33. The van der Waals surface area contributed by atoms with Gasteiger partial charge in [0.1, 0.15) is 11.5 Å². The molecule has 0 amide bonds. The van der Waals surface area contributed by atoms with E-state index in [0.29, 0.717) is 11.5 Å². The first-order valence-corrected chi connectivity index (χ1v) is 8.83. The van der Waals surface area contributed by atoms with Crippen LogP contribution in [0, 0.1) is 0 Å². The van der Waals surface area contributed by atoms with Crippen LogP contribution in [0.25, 0.3) is 11.5 Å². The predicted molar refractivity (Wildman–Crippen MR) is 96.9 cm³/mol. The summed E-state index contributed by atoms with van der Waals surface area (Å²) >= 11 is 0. The highest BCUT2D eigenvalue weighted by Gasteiger charge is 2.22. The van der Waals surface area contributed by atoms with Gasteiger partial charge < -0.3 is 9.52 Å².